The van der Waals surface area contributed by atoms with Crippen molar-refractivity contribution in [3.63, 3.8) is 0 Å². The average molecular weight is 1100 g/mol. The summed E-state index contributed by atoms with van der Waals surface area (Å²) in [6, 6.07) is 110. The summed E-state index contributed by atoms with van der Waals surface area (Å²) < 4.78 is 5.05. The maximum Gasteiger partial charge on any atom is 0.249 e. The Morgan fingerprint density at radius 2 is 0.765 bits per heavy atom. The molecule has 12 aromatic carbocycles. The molecule has 0 aliphatic carbocycles. The van der Waals surface area contributed by atoms with E-state index in [9.17, 15) is 0 Å². The number of para-hydroxylation sites is 3. The molecule has 0 spiro atoms. The molecule has 0 unspecified atom stereocenters. The van der Waals surface area contributed by atoms with Gasteiger partial charge >= 0.3 is 0 Å². The summed E-state index contributed by atoms with van der Waals surface area (Å²) >= 11 is 1.93. The van der Waals surface area contributed by atoms with Crippen LogP contribution < -0.4 is 21.3 Å². The molecular weight excluding hydrogens is 1050 g/mol. The first-order valence-corrected chi connectivity index (χ1v) is 30.3. The number of nitrogens with zero attached hydrogens (tertiary/aromatic N) is 3. The molecule has 0 saturated heterocycles. The van der Waals surface area contributed by atoms with E-state index in [0.717, 1.165) is 39.5 Å². The first-order chi connectivity index (χ1) is 41.9. The van der Waals surface area contributed by atoms with Gasteiger partial charge in [-0.1, -0.05) is 287 Å². The molecule has 0 saturated carbocycles. The Hall–Kier alpha value is -10.1. The van der Waals surface area contributed by atoms with E-state index in [-0.39, 0.29) is 12.1 Å². The fraction of sp³-hybridized carbons (Fsp3) is 0.0500. The number of fused-ring (bicyclic) bond motifs is 6. The molecule has 5 heteroatoms. The maximum atomic E-state index is 2.67. The summed E-state index contributed by atoms with van der Waals surface area (Å²) in [6.07, 6.45) is 0. The quantitative estimate of drug-likeness (QED) is 0.134. The van der Waals surface area contributed by atoms with Crippen LogP contribution in [0.25, 0.3) is 100 Å². The molecule has 2 aromatic heterocycles. The van der Waals surface area contributed by atoms with Gasteiger partial charge in [-0.15, -0.1) is 0 Å². The molecule has 3 nitrogen and oxygen atoms in total. The highest BCUT2D eigenvalue weighted by molar-refractivity contribution is 8.00. The zero-order valence-electron chi connectivity index (χ0n) is 47.6. The average Bonchev–Trinajstić information content (AvgIpc) is 1.71. The predicted molar refractivity (Wildman–Crippen MR) is 361 cm³/mol. The van der Waals surface area contributed by atoms with Crippen LogP contribution in [-0.2, 0) is 5.41 Å². The molecule has 0 amide bonds. The van der Waals surface area contributed by atoms with Gasteiger partial charge in [0.2, 0.25) is 6.71 Å². The van der Waals surface area contributed by atoms with Gasteiger partial charge in [-0.05, 0) is 104 Å². The number of rotatable bonds is 9. The van der Waals surface area contributed by atoms with Gasteiger partial charge < -0.3 is 14.0 Å². The van der Waals surface area contributed by atoms with Crippen LogP contribution in [0.15, 0.2) is 307 Å². The Bertz CT molecular complexity index is 4810. The fourth-order valence-corrected chi connectivity index (χ4v) is 14.9. The second kappa shape index (κ2) is 20.4. The van der Waals surface area contributed by atoms with Crippen LogP contribution in [0.4, 0.5) is 17.1 Å². The zero-order chi connectivity index (χ0) is 56.8. The van der Waals surface area contributed by atoms with E-state index in [1.807, 2.05) is 11.8 Å². The Balaban J connectivity index is 1.00. The van der Waals surface area contributed by atoms with Gasteiger partial charge in [0.25, 0.3) is 0 Å². The zero-order valence-corrected chi connectivity index (χ0v) is 48.4. The second-order valence-corrected chi connectivity index (χ2v) is 24.6. The van der Waals surface area contributed by atoms with E-state index in [1.54, 1.807) is 0 Å². The van der Waals surface area contributed by atoms with Crippen LogP contribution in [0.2, 0.25) is 0 Å². The van der Waals surface area contributed by atoms with Crippen LogP contribution in [0.3, 0.4) is 0 Å². The Labute approximate surface area is 501 Å². The van der Waals surface area contributed by atoms with Gasteiger partial charge in [-0.3, -0.25) is 0 Å². The molecule has 0 bridgehead atoms. The molecule has 85 heavy (non-hydrogen) atoms. The van der Waals surface area contributed by atoms with Crippen LogP contribution >= 0.6 is 11.8 Å². The summed E-state index contributed by atoms with van der Waals surface area (Å²) in [6.45, 7) is 7.01. The van der Waals surface area contributed by atoms with E-state index in [4.69, 9.17) is 0 Å². The standard InChI is InChI=1S/C80H58BN3S/c1-80(2,3)59-49-71-76-73(50-59)85-72-52-61(83-69-44-25-23-40-65(69)75(56-33-16-7-17-34-56)78(83)58-37-20-9-21-38-58)46-48-67(72)81(76)66-47-45-60(82-68-43-24-22-39-64(68)74(55-31-14-6-15-32-55)77(82)57-35-18-8-19-36-57)51-70(66)84(71)79-62(53-27-10-4-11-28-53)41-26-42-63(79)54-29-12-5-13-30-54/h4-52H,1-3H3. The van der Waals surface area contributed by atoms with Crippen LogP contribution in [0.5, 0.6) is 0 Å². The maximum absolute atomic E-state index is 2.67. The predicted octanol–water partition coefficient (Wildman–Crippen LogP) is 19.6. The highest BCUT2D eigenvalue weighted by Gasteiger charge is 2.43. The minimum Gasteiger partial charge on any atom is -0.310 e. The highest BCUT2D eigenvalue weighted by atomic mass is 32.2. The molecule has 0 radical (unpaired) electrons. The van der Waals surface area contributed by atoms with Crippen molar-refractivity contribution in [3.8, 4) is 78.4 Å². The topological polar surface area (TPSA) is 13.1 Å². The van der Waals surface area contributed by atoms with Crippen molar-refractivity contribution >= 4 is 73.7 Å². The number of hydrogen-bond acceptors (Lipinski definition) is 2. The SMILES string of the molecule is CC(C)(C)c1cc2c3c(c1)N(c1c(-c4ccccc4)cccc1-c1ccccc1)c1cc(-n4c(-c5ccccc5)c(-c5ccccc5)c5ccccc54)ccc1B3c1ccc(-n3c(-c4ccccc4)c(-c4ccccc4)c4ccccc43)cc1S2. The Morgan fingerprint density at radius 1 is 0.341 bits per heavy atom. The van der Waals surface area contributed by atoms with E-state index < -0.39 is 0 Å². The molecule has 16 rings (SSSR count). The molecule has 402 valence electrons. The van der Waals surface area contributed by atoms with Crippen LogP contribution in [-0.4, -0.2) is 15.8 Å². The van der Waals surface area contributed by atoms with E-state index >= 15 is 0 Å². The van der Waals surface area contributed by atoms with Crippen molar-refractivity contribution in [1.82, 2.24) is 9.13 Å². The third kappa shape index (κ3) is 8.36. The summed E-state index contributed by atoms with van der Waals surface area (Å²) in [5, 5.41) is 2.44. The molecular formula is C80H58BN3S. The van der Waals surface area contributed by atoms with E-state index in [0.29, 0.717) is 0 Å². The lowest BCUT2D eigenvalue weighted by molar-refractivity contribution is 0.589. The summed E-state index contributed by atoms with van der Waals surface area (Å²) in [7, 11) is 0. The smallest absolute Gasteiger partial charge is 0.249 e. The lowest BCUT2D eigenvalue weighted by atomic mass is 9.34. The minimum atomic E-state index is -0.177. The molecule has 2 aliphatic rings. The van der Waals surface area contributed by atoms with Gasteiger partial charge in [0.05, 0.1) is 28.1 Å². The van der Waals surface area contributed by atoms with E-state index in [1.165, 1.54) is 109 Å². The van der Waals surface area contributed by atoms with Crippen LogP contribution in [0, 0.1) is 0 Å². The second-order valence-electron chi connectivity index (χ2n) is 23.5. The van der Waals surface area contributed by atoms with Crippen molar-refractivity contribution in [2.45, 2.75) is 36.0 Å². The van der Waals surface area contributed by atoms with Crippen LogP contribution in [0.1, 0.15) is 26.3 Å². The summed E-state index contributed by atoms with van der Waals surface area (Å²) in [5.41, 5.74) is 27.3. The fourth-order valence-electron chi connectivity index (χ4n) is 13.7. The van der Waals surface area contributed by atoms with Gasteiger partial charge in [0.15, 0.2) is 0 Å². The molecule has 0 atom stereocenters. The van der Waals surface area contributed by atoms with Crippen molar-refractivity contribution in [3.05, 3.63) is 303 Å². The molecule has 2 aliphatic heterocycles. The third-order valence-corrected chi connectivity index (χ3v) is 18.7. The summed E-state index contributed by atoms with van der Waals surface area (Å²) in [5.74, 6) is 0. The highest BCUT2D eigenvalue weighted by Crippen LogP contribution is 2.52. The Kier molecular flexibility index (Phi) is 12.1. The van der Waals surface area contributed by atoms with Crippen molar-refractivity contribution in [1.29, 1.82) is 0 Å². The largest absolute Gasteiger partial charge is 0.310 e. The molecule has 0 N–H and O–H groups in total. The first kappa shape index (κ1) is 50.6. The molecule has 4 heterocycles. The normalized spacial score (nSPS) is 12.6. The number of benzene rings is 12. The van der Waals surface area contributed by atoms with E-state index in [2.05, 4.69) is 332 Å². The van der Waals surface area contributed by atoms with Gasteiger partial charge in [0, 0.05) is 65.6 Å². The van der Waals surface area contributed by atoms with Gasteiger partial charge in [-0.25, -0.2) is 0 Å². The number of anilines is 3. The third-order valence-electron chi connectivity index (χ3n) is 17.5. The lowest BCUT2D eigenvalue weighted by Gasteiger charge is -2.43. The monoisotopic (exact) mass is 1100 g/mol. The number of aromatic nitrogens is 2. The van der Waals surface area contributed by atoms with Crippen molar-refractivity contribution < 1.29 is 0 Å². The first-order valence-electron chi connectivity index (χ1n) is 29.5. The van der Waals surface area contributed by atoms with Gasteiger partial charge in [0.1, 0.15) is 0 Å². The van der Waals surface area contributed by atoms with Gasteiger partial charge in [-0.2, -0.15) is 0 Å². The lowest BCUT2D eigenvalue weighted by Crippen LogP contribution is -2.60. The Morgan fingerprint density at radius 3 is 1.25 bits per heavy atom. The minimum absolute atomic E-state index is 0.0848. The van der Waals surface area contributed by atoms with Crippen molar-refractivity contribution in [2.75, 3.05) is 4.90 Å². The molecule has 0 fully saturated rings. The summed E-state index contributed by atoms with van der Waals surface area (Å²) in [4.78, 5) is 5.22. The number of hydrogen-bond donors (Lipinski definition) is 0. The molecule has 14 aromatic rings. The van der Waals surface area contributed by atoms with Crippen molar-refractivity contribution in [2.24, 2.45) is 0 Å².